The monoisotopic (exact) mass is 331 g/mol. The van der Waals surface area contributed by atoms with Crippen LogP contribution in [0.4, 0.5) is 5.82 Å². The molecule has 0 spiro atoms. The molecule has 23 heavy (non-hydrogen) atoms. The third-order valence-electron chi connectivity index (χ3n) is 5.29. The fourth-order valence-corrected chi connectivity index (χ4v) is 4.88. The van der Waals surface area contributed by atoms with Gasteiger partial charge in [-0.1, -0.05) is 0 Å². The van der Waals surface area contributed by atoms with Gasteiger partial charge >= 0.3 is 0 Å². The van der Waals surface area contributed by atoms with Crippen molar-refractivity contribution in [3.05, 3.63) is 16.3 Å². The van der Waals surface area contributed by atoms with Crippen LogP contribution < -0.4 is 10.2 Å². The molecule has 6 heteroatoms. The van der Waals surface area contributed by atoms with Crippen LogP contribution in [-0.4, -0.2) is 60.2 Å². The second-order valence-electron chi connectivity index (χ2n) is 6.73. The molecule has 0 aromatic carbocycles. The van der Waals surface area contributed by atoms with Crippen molar-refractivity contribution >= 4 is 27.4 Å². The van der Waals surface area contributed by atoms with Crippen LogP contribution in [0.3, 0.4) is 0 Å². The van der Waals surface area contributed by atoms with Gasteiger partial charge in [-0.3, -0.25) is 4.90 Å². The summed E-state index contributed by atoms with van der Waals surface area (Å²) in [5, 5.41) is 4.75. The van der Waals surface area contributed by atoms with Crippen molar-refractivity contribution < 1.29 is 0 Å². The van der Waals surface area contributed by atoms with Crippen LogP contribution in [0.15, 0.2) is 0 Å². The molecule has 2 fully saturated rings. The number of rotatable bonds is 2. The van der Waals surface area contributed by atoms with Crippen LogP contribution in [0.2, 0.25) is 0 Å². The Labute approximate surface area is 141 Å². The highest BCUT2D eigenvalue weighted by Crippen LogP contribution is 2.35. The van der Waals surface area contributed by atoms with Crippen LogP contribution in [0.1, 0.15) is 22.7 Å². The molecule has 1 N–H and O–H groups in total. The van der Waals surface area contributed by atoms with Crippen molar-refractivity contribution in [2.45, 2.75) is 33.2 Å². The number of aromatic nitrogens is 2. The fourth-order valence-electron chi connectivity index (χ4n) is 3.81. The molecular formula is C17H25N5S. The van der Waals surface area contributed by atoms with Crippen molar-refractivity contribution in [3.63, 3.8) is 0 Å². The number of nitrogens with one attached hydrogen (secondary N) is 1. The third kappa shape index (κ3) is 2.73. The average molecular weight is 331 g/mol. The molecule has 2 aromatic rings. The van der Waals surface area contributed by atoms with Gasteiger partial charge in [-0.05, 0) is 39.3 Å². The van der Waals surface area contributed by atoms with Gasteiger partial charge in [-0.25, -0.2) is 9.97 Å². The first-order valence-electron chi connectivity index (χ1n) is 8.57. The number of piperazine rings is 1. The van der Waals surface area contributed by atoms with Crippen molar-refractivity contribution in [1.29, 1.82) is 0 Å². The summed E-state index contributed by atoms with van der Waals surface area (Å²) in [7, 11) is 0. The predicted octanol–water partition coefficient (Wildman–Crippen LogP) is 2.10. The van der Waals surface area contributed by atoms with E-state index in [0.717, 1.165) is 55.2 Å². The molecule has 0 saturated carbocycles. The van der Waals surface area contributed by atoms with Gasteiger partial charge in [0.2, 0.25) is 0 Å². The number of anilines is 1. The van der Waals surface area contributed by atoms with Crippen LogP contribution in [0.5, 0.6) is 0 Å². The van der Waals surface area contributed by atoms with E-state index < -0.39 is 0 Å². The minimum absolute atomic E-state index is 0.731. The minimum Gasteiger partial charge on any atom is -0.353 e. The molecule has 5 nitrogen and oxygen atoms in total. The van der Waals surface area contributed by atoms with Crippen LogP contribution in [0.25, 0.3) is 10.2 Å². The van der Waals surface area contributed by atoms with E-state index in [1.165, 1.54) is 28.8 Å². The van der Waals surface area contributed by atoms with Gasteiger partial charge in [-0.15, -0.1) is 11.3 Å². The lowest BCUT2D eigenvalue weighted by Gasteiger charge is -2.38. The maximum Gasteiger partial charge on any atom is 0.141 e. The molecule has 0 bridgehead atoms. The van der Waals surface area contributed by atoms with Gasteiger partial charge in [0.05, 0.1) is 5.39 Å². The quantitative estimate of drug-likeness (QED) is 0.913. The normalized spacial score (nSPS) is 23.1. The summed E-state index contributed by atoms with van der Waals surface area (Å²) in [6, 6.07) is 0.731. The third-order valence-corrected chi connectivity index (χ3v) is 6.39. The molecule has 1 unspecified atom stereocenters. The van der Waals surface area contributed by atoms with Gasteiger partial charge in [0.1, 0.15) is 16.5 Å². The molecule has 0 amide bonds. The zero-order chi connectivity index (χ0) is 16.0. The van der Waals surface area contributed by atoms with Crippen molar-refractivity contribution in [2.75, 3.05) is 44.2 Å². The summed E-state index contributed by atoms with van der Waals surface area (Å²) in [5.74, 6) is 2.04. The molecule has 0 radical (unpaired) electrons. The molecule has 2 aliphatic rings. The van der Waals surface area contributed by atoms with Crippen LogP contribution in [0, 0.1) is 20.8 Å². The van der Waals surface area contributed by atoms with Crippen molar-refractivity contribution in [1.82, 2.24) is 20.2 Å². The lowest BCUT2D eigenvalue weighted by atomic mass is 10.1. The van der Waals surface area contributed by atoms with E-state index in [0.29, 0.717) is 0 Å². The molecule has 124 valence electrons. The molecule has 2 saturated heterocycles. The minimum atomic E-state index is 0.731. The Morgan fingerprint density at radius 1 is 1.09 bits per heavy atom. The molecule has 4 rings (SSSR count). The Balaban J connectivity index is 1.60. The first-order valence-corrected chi connectivity index (χ1v) is 9.39. The van der Waals surface area contributed by atoms with Crippen LogP contribution >= 0.6 is 11.3 Å². The predicted molar refractivity (Wildman–Crippen MR) is 96.7 cm³/mol. The highest BCUT2D eigenvalue weighted by Gasteiger charge is 2.28. The zero-order valence-electron chi connectivity index (χ0n) is 14.2. The molecule has 2 aliphatic heterocycles. The van der Waals surface area contributed by atoms with E-state index in [1.54, 1.807) is 11.3 Å². The van der Waals surface area contributed by atoms with Gasteiger partial charge < -0.3 is 10.2 Å². The lowest BCUT2D eigenvalue weighted by molar-refractivity contribution is 0.196. The molecule has 4 heterocycles. The first-order chi connectivity index (χ1) is 11.1. The van der Waals surface area contributed by atoms with Crippen molar-refractivity contribution in [2.24, 2.45) is 0 Å². The summed E-state index contributed by atoms with van der Waals surface area (Å²) in [6.07, 6.45) is 1.29. The maximum absolute atomic E-state index is 4.81. The number of hydrogen-bond acceptors (Lipinski definition) is 6. The number of thiophene rings is 1. The summed E-state index contributed by atoms with van der Waals surface area (Å²) in [4.78, 5) is 17.1. The van der Waals surface area contributed by atoms with E-state index in [4.69, 9.17) is 4.98 Å². The molecule has 0 aliphatic carbocycles. The smallest absolute Gasteiger partial charge is 0.141 e. The number of hydrogen-bond donors (Lipinski definition) is 1. The Morgan fingerprint density at radius 3 is 2.57 bits per heavy atom. The summed E-state index contributed by atoms with van der Waals surface area (Å²) < 4.78 is 0. The number of nitrogens with zero attached hydrogens (tertiary/aromatic N) is 4. The summed E-state index contributed by atoms with van der Waals surface area (Å²) >= 11 is 1.80. The van der Waals surface area contributed by atoms with E-state index >= 15 is 0 Å². The fraction of sp³-hybridized carbons (Fsp3) is 0.647. The Bertz CT molecular complexity index is 711. The highest BCUT2D eigenvalue weighted by molar-refractivity contribution is 7.18. The molecule has 2 aromatic heterocycles. The van der Waals surface area contributed by atoms with E-state index in [2.05, 4.69) is 33.9 Å². The van der Waals surface area contributed by atoms with E-state index in [1.807, 2.05) is 6.92 Å². The van der Waals surface area contributed by atoms with E-state index in [-0.39, 0.29) is 0 Å². The second-order valence-corrected chi connectivity index (χ2v) is 7.93. The molecular weight excluding hydrogens is 306 g/mol. The van der Waals surface area contributed by atoms with Gasteiger partial charge in [0.15, 0.2) is 0 Å². The standard InChI is InChI=1S/C17H25N5S/c1-11-12(2)23-17-15(11)16(19-13(3)20-17)22-8-6-21(7-9-22)14-4-5-18-10-14/h14,18H,4-10H2,1-3H3. The number of fused-ring (bicyclic) bond motifs is 1. The maximum atomic E-state index is 4.81. The van der Waals surface area contributed by atoms with Gasteiger partial charge in [0, 0.05) is 43.6 Å². The number of aryl methyl sites for hydroxylation is 3. The van der Waals surface area contributed by atoms with Crippen LogP contribution in [-0.2, 0) is 0 Å². The first kappa shape index (κ1) is 15.3. The lowest BCUT2D eigenvalue weighted by Crippen LogP contribution is -2.51. The highest BCUT2D eigenvalue weighted by atomic mass is 32.1. The average Bonchev–Trinajstić information content (AvgIpc) is 3.16. The second kappa shape index (κ2) is 6.00. The van der Waals surface area contributed by atoms with E-state index in [9.17, 15) is 0 Å². The Morgan fingerprint density at radius 2 is 1.87 bits per heavy atom. The Kier molecular flexibility index (Phi) is 3.99. The topological polar surface area (TPSA) is 44.3 Å². The van der Waals surface area contributed by atoms with Gasteiger partial charge in [-0.2, -0.15) is 0 Å². The van der Waals surface area contributed by atoms with Gasteiger partial charge in [0.25, 0.3) is 0 Å². The Hall–Kier alpha value is -1.24. The van der Waals surface area contributed by atoms with Crippen molar-refractivity contribution in [3.8, 4) is 0 Å². The largest absolute Gasteiger partial charge is 0.353 e. The SMILES string of the molecule is Cc1nc(N2CCN(C3CCNC3)CC2)c2c(C)c(C)sc2n1. The molecule has 1 atom stereocenters. The zero-order valence-corrected chi connectivity index (χ0v) is 15.0. The summed E-state index contributed by atoms with van der Waals surface area (Å²) in [5.41, 5.74) is 1.35. The summed E-state index contributed by atoms with van der Waals surface area (Å²) in [6.45, 7) is 13.1.